The molecule has 0 heterocycles. The molecule has 0 unspecified atom stereocenters. The average Bonchev–Trinajstić information content (AvgIpc) is 2.77. The van der Waals surface area contributed by atoms with Crippen molar-refractivity contribution in [3.05, 3.63) is 65.2 Å². The lowest BCUT2D eigenvalue weighted by Gasteiger charge is -2.25. The first-order chi connectivity index (χ1) is 14.7. The van der Waals surface area contributed by atoms with Crippen LogP contribution in [0.4, 0.5) is 0 Å². The van der Waals surface area contributed by atoms with Gasteiger partial charge in [-0.25, -0.2) is 13.1 Å². The maximum atomic E-state index is 12.4. The van der Waals surface area contributed by atoms with Gasteiger partial charge in [-0.3, -0.25) is 4.79 Å². The van der Waals surface area contributed by atoms with Crippen molar-refractivity contribution in [3.63, 3.8) is 0 Å². The molecule has 7 nitrogen and oxygen atoms in total. The van der Waals surface area contributed by atoms with Gasteiger partial charge >= 0.3 is 0 Å². The topological polar surface area (TPSA) is 87.7 Å². The molecule has 0 fully saturated rings. The number of aryl methyl sites for hydroxylation is 1. The summed E-state index contributed by atoms with van der Waals surface area (Å²) in [6.07, 6.45) is 3.95. The smallest absolute Gasteiger partial charge is 0.244 e. The molecule has 2 N–H and O–H groups in total. The van der Waals surface area contributed by atoms with E-state index in [0.29, 0.717) is 12.1 Å². The van der Waals surface area contributed by atoms with Crippen LogP contribution in [-0.2, 0) is 21.2 Å². The standard InChI is InChI=1S/C23H31N3O4S/c1-6-17-7-11-19(12-8-17)20(26(3)4)16-25-23(27)14-10-18-9-13-21(30-5)22(15-18)31(28,29)24-2/h7-15,20,24H,6,16H2,1-5H3,(H,25,27)/b14-10+/t20-/m0/s1. The predicted octanol–water partition coefficient (Wildman–Crippen LogP) is 2.60. The van der Waals surface area contributed by atoms with Crippen LogP contribution in [-0.4, -0.2) is 54.0 Å². The van der Waals surface area contributed by atoms with Crippen LogP contribution in [0.25, 0.3) is 6.08 Å². The Hall–Kier alpha value is -2.68. The molecule has 2 aromatic carbocycles. The maximum absolute atomic E-state index is 12.4. The summed E-state index contributed by atoms with van der Waals surface area (Å²) in [7, 11) is 3.01. The third-order valence-electron chi connectivity index (χ3n) is 5.04. The number of carbonyl (C=O) groups is 1. The van der Waals surface area contributed by atoms with E-state index in [1.165, 1.54) is 31.9 Å². The Kier molecular flexibility index (Phi) is 8.79. The van der Waals surface area contributed by atoms with Gasteiger partial charge in [0.05, 0.1) is 13.2 Å². The number of hydrogen-bond donors (Lipinski definition) is 2. The van der Waals surface area contributed by atoms with Crippen LogP contribution in [0.1, 0.15) is 29.7 Å². The highest BCUT2D eigenvalue weighted by Crippen LogP contribution is 2.25. The van der Waals surface area contributed by atoms with Crippen LogP contribution >= 0.6 is 0 Å². The number of amides is 1. The molecule has 0 aliphatic carbocycles. The van der Waals surface area contributed by atoms with Crippen molar-refractivity contribution in [1.29, 1.82) is 0 Å². The first kappa shape index (κ1) is 24.6. The Labute approximate surface area is 185 Å². The summed E-state index contributed by atoms with van der Waals surface area (Å²) in [5, 5.41) is 2.92. The second-order valence-corrected chi connectivity index (χ2v) is 9.13. The van der Waals surface area contributed by atoms with Crippen molar-refractivity contribution in [2.75, 3.05) is 34.8 Å². The minimum Gasteiger partial charge on any atom is -0.495 e. The van der Waals surface area contributed by atoms with Gasteiger partial charge < -0.3 is 15.0 Å². The molecule has 2 rings (SSSR count). The zero-order chi connectivity index (χ0) is 23.0. The van der Waals surface area contributed by atoms with Gasteiger partial charge in [0.2, 0.25) is 15.9 Å². The number of hydrogen-bond acceptors (Lipinski definition) is 5. The number of nitrogens with one attached hydrogen (secondary N) is 2. The van der Waals surface area contributed by atoms with Crippen molar-refractivity contribution >= 4 is 22.0 Å². The predicted molar refractivity (Wildman–Crippen MR) is 124 cm³/mol. The van der Waals surface area contributed by atoms with E-state index in [9.17, 15) is 13.2 Å². The number of likely N-dealkylation sites (N-methyl/N-ethyl adjacent to an activating group) is 1. The molecule has 8 heteroatoms. The van der Waals surface area contributed by atoms with Crippen LogP contribution in [0.2, 0.25) is 0 Å². The van der Waals surface area contributed by atoms with Gasteiger partial charge in [0.1, 0.15) is 10.6 Å². The Morgan fingerprint density at radius 1 is 1.16 bits per heavy atom. The molecule has 168 valence electrons. The van der Waals surface area contributed by atoms with Crippen LogP contribution in [0.3, 0.4) is 0 Å². The number of carbonyl (C=O) groups excluding carboxylic acids is 1. The quantitative estimate of drug-likeness (QED) is 0.549. The molecule has 2 aromatic rings. The minimum absolute atomic E-state index is 0.0169. The lowest BCUT2D eigenvalue weighted by atomic mass is 10.0. The summed E-state index contributed by atoms with van der Waals surface area (Å²) in [4.78, 5) is 14.4. The molecule has 31 heavy (non-hydrogen) atoms. The first-order valence-corrected chi connectivity index (χ1v) is 11.5. The van der Waals surface area contributed by atoms with E-state index in [2.05, 4.69) is 46.1 Å². The van der Waals surface area contributed by atoms with Crippen LogP contribution in [0, 0.1) is 0 Å². The lowest BCUT2D eigenvalue weighted by molar-refractivity contribution is -0.116. The molecular weight excluding hydrogens is 414 g/mol. The van der Waals surface area contributed by atoms with Crippen molar-refractivity contribution < 1.29 is 17.9 Å². The van der Waals surface area contributed by atoms with E-state index in [4.69, 9.17) is 4.74 Å². The first-order valence-electron chi connectivity index (χ1n) is 10.0. The lowest BCUT2D eigenvalue weighted by Crippen LogP contribution is -2.33. The Morgan fingerprint density at radius 3 is 2.39 bits per heavy atom. The largest absolute Gasteiger partial charge is 0.495 e. The van der Waals surface area contributed by atoms with Gasteiger partial charge in [0.15, 0.2) is 0 Å². The molecule has 0 saturated carbocycles. The fourth-order valence-corrected chi connectivity index (χ4v) is 4.05. The fraction of sp³-hybridized carbons (Fsp3) is 0.348. The average molecular weight is 446 g/mol. The normalized spacial score (nSPS) is 12.8. The highest BCUT2D eigenvalue weighted by Gasteiger charge is 2.18. The third-order valence-corrected chi connectivity index (χ3v) is 6.47. The van der Waals surface area contributed by atoms with Gasteiger partial charge in [0, 0.05) is 12.6 Å². The minimum atomic E-state index is -3.68. The van der Waals surface area contributed by atoms with Crippen molar-refractivity contribution in [3.8, 4) is 5.75 Å². The molecular formula is C23H31N3O4S. The summed E-state index contributed by atoms with van der Waals surface area (Å²) in [6.45, 7) is 2.56. The molecule has 0 radical (unpaired) electrons. The number of nitrogens with zero attached hydrogens (tertiary/aromatic N) is 1. The highest BCUT2D eigenvalue weighted by molar-refractivity contribution is 7.89. The number of methoxy groups -OCH3 is 1. The SMILES string of the molecule is CCc1ccc([C@H](CNC(=O)/C=C/c2ccc(OC)c(S(=O)(=O)NC)c2)N(C)C)cc1. The monoisotopic (exact) mass is 445 g/mol. The number of sulfonamides is 1. The van der Waals surface area contributed by atoms with E-state index in [-0.39, 0.29) is 22.6 Å². The van der Waals surface area contributed by atoms with E-state index in [1.54, 1.807) is 18.2 Å². The third kappa shape index (κ3) is 6.65. The van der Waals surface area contributed by atoms with Gasteiger partial charge in [-0.05, 0) is 62.5 Å². The van der Waals surface area contributed by atoms with Crippen LogP contribution < -0.4 is 14.8 Å². The summed E-state index contributed by atoms with van der Waals surface area (Å²) in [5.41, 5.74) is 2.97. The summed E-state index contributed by atoms with van der Waals surface area (Å²) in [6, 6.07) is 13.1. The van der Waals surface area contributed by atoms with Crippen LogP contribution in [0.5, 0.6) is 5.75 Å². The van der Waals surface area contributed by atoms with E-state index >= 15 is 0 Å². The van der Waals surface area contributed by atoms with Crippen molar-refractivity contribution in [2.45, 2.75) is 24.3 Å². The summed E-state index contributed by atoms with van der Waals surface area (Å²) in [5.74, 6) is -0.0234. The number of rotatable bonds is 10. The Morgan fingerprint density at radius 2 is 1.84 bits per heavy atom. The summed E-state index contributed by atoms with van der Waals surface area (Å²) < 4.78 is 31.8. The molecule has 0 aliphatic rings. The molecule has 0 aliphatic heterocycles. The van der Waals surface area contributed by atoms with Crippen molar-refractivity contribution in [1.82, 2.24) is 14.9 Å². The van der Waals surface area contributed by atoms with Gasteiger partial charge in [-0.1, -0.05) is 37.3 Å². The number of ether oxygens (including phenoxy) is 1. The molecule has 0 aromatic heterocycles. The molecule has 0 bridgehead atoms. The Balaban J connectivity index is 2.09. The zero-order valence-corrected chi connectivity index (χ0v) is 19.5. The molecule has 1 atom stereocenters. The van der Waals surface area contributed by atoms with Crippen molar-refractivity contribution in [2.24, 2.45) is 0 Å². The second kappa shape index (κ2) is 11.1. The molecule has 0 saturated heterocycles. The van der Waals surface area contributed by atoms with E-state index < -0.39 is 10.0 Å². The molecule has 0 spiro atoms. The van der Waals surface area contributed by atoms with Gasteiger partial charge in [-0.15, -0.1) is 0 Å². The van der Waals surface area contributed by atoms with Crippen LogP contribution in [0.15, 0.2) is 53.4 Å². The number of benzene rings is 2. The fourth-order valence-electron chi connectivity index (χ4n) is 3.12. The second-order valence-electron chi connectivity index (χ2n) is 7.27. The van der Waals surface area contributed by atoms with E-state index in [0.717, 1.165) is 12.0 Å². The maximum Gasteiger partial charge on any atom is 0.244 e. The van der Waals surface area contributed by atoms with E-state index in [1.807, 2.05) is 14.1 Å². The van der Waals surface area contributed by atoms with Gasteiger partial charge in [-0.2, -0.15) is 0 Å². The zero-order valence-electron chi connectivity index (χ0n) is 18.7. The summed E-state index contributed by atoms with van der Waals surface area (Å²) >= 11 is 0. The highest BCUT2D eigenvalue weighted by atomic mass is 32.2. The van der Waals surface area contributed by atoms with Gasteiger partial charge in [0.25, 0.3) is 0 Å². The Bertz CT molecular complexity index is 1020. The molecule has 1 amide bonds.